The molecule has 4 rings (SSSR count). The lowest BCUT2D eigenvalue weighted by molar-refractivity contribution is 0.284. The van der Waals surface area contributed by atoms with Crippen LogP contribution >= 0.6 is 12.2 Å². The van der Waals surface area contributed by atoms with Gasteiger partial charge < -0.3 is 15.5 Å². The maximum Gasteiger partial charge on any atom is 0.218 e. The number of thiocarbonyl (C=S) groups is 1. The Morgan fingerprint density at radius 3 is 3.07 bits per heavy atom. The lowest BCUT2D eigenvalue weighted by atomic mass is 10.2. The van der Waals surface area contributed by atoms with Crippen molar-refractivity contribution in [3.05, 3.63) is 29.3 Å². The normalized spacial score (nSPS) is 20.2. The van der Waals surface area contributed by atoms with Crippen LogP contribution in [-0.2, 0) is 13.0 Å². The predicted molar refractivity (Wildman–Crippen MR) is 107 cm³/mol. The van der Waals surface area contributed by atoms with Gasteiger partial charge >= 0.3 is 0 Å². The molecule has 9 heteroatoms. The molecule has 27 heavy (non-hydrogen) atoms. The van der Waals surface area contributed by atoms with Gasteiger partial charge in [0.1, 0.15) is 16.6 Å². The Morgan fingerprint density at radius 1 is 1.37 bits per heavy atom. The van der Waals surface area contributed by atoms with Gasteiger partial charge in [0.15, 0.2) is 0 Å². The van der Waals surface area contributed by atoms with Crippen molar-refractivity contribution in [2.75, 3.05) is 25.5 Å². The molecule has 1 aliphatic carbocycles. The van der Waals surface area contributed by atoms with Crippen molar-refractivity contribution in [1.29, 1.82) is 0 Å². The molecule has 0 unspecified atom stereocenters. The van der Waals surface area contributed by atoms with Crippen LogP contribution in [0.25, 0.3) is 0 Å². The van der Waals surface area contributed by atoms with E-state index in [-0.39, 0.29) is 0 Å². The summed E-state index contributed by atoms with van der Waals surface area (Å²) in [6.45, 7) is 4.06. The summed E-state index contributed by atoms with van der Waals surface area (Å²) in [5.41, 5.74) is 8.27. The number of hydrazine groups is 1. The first kappa shape index (κ1) is 18.1. The lowest BCUT2D eigenvalue weighted by Gasteiger charge is -2.11. The molecule has 3 N–H and O–H groups in total. The number of anilines is 1. The molecular formula is C18H25N7OS. The molecule has 0 radical (unpaired) electrons. The zero-order chi connectivity index (χ0) is 18.8. The van der Waals surface area contributed by atoms with Crippen LogP contribution < -0.4 is 20.9 Å². The maximum atomic E-state index is 5.95. The van der Waals surface area contributed by atoms with Gasteiger partial charge in [-0.05, 0) is 32.3 Å². The highest BCUT2D eigenvalue weighted by atomic mass is 32.1. The quantitative estimate of drug-likeness (QED) is 0.465. The molecule has 3 heterocycles. The van der Waals surface area contributed by atoms with Gasteiger partial charge in [0.05, 0.1) is 18.8 Å². The maximum absolute atomic E-state index is 5.95. The van der Waals surface area contributed by atoms with Gasteiger partial charge in [0.2, 0.25) is 5.88 Å². The van der Waals surface area contributed by atoms with Crippen LogP contribution in [-0.4, -0.2) is 44.9 Å². The summed E-state index contributed by atoms with van der Waals surface area (Å²) in [6, 6.07) is 4.09. The van der Waals surface area contributed by atoms with E-state index in [1.54, 1.807) is 7.05 Å². The monoisotopic (exact) mass is 387 g/mol. The van der Waals surface area contributed by atoms with E-state index < -0.39 is 0 Å². The largest absolute Gasteiger partial charge is 0.477 e. The van der Waals surface area contributed by atoms with Crippen LogP contribution in [0.5, 0.6) is 5.88 Å². The number of nitrogens with zero attached hydrogens (tertiary/aromatic N) is 4. The van der Waals surface area contributed by atoms with Gasteiger partial charge in [-0.1, -0.05) is 12.2 Å². The summed E-state index contributed by atoms with van der Waals surface area (Å²) >= 11 is 5.18. The average Bonchev–Trinajstić information content (AvgIpc) is 3.08. The Morgan fingerprint density at radius 2 is 2.26 bits per heavy atom. The third-order valence-electron chi connectivity index (χ3n) is 4.94. The third-order valence-corrected chi connectivity index (χ3v) is 5.19. The van der Waals surface area contributed by atoms with Crippen LogP contribution in [0, 0.1) is 12.8 Å². The second kappa shape index (κ2) is 7.77. The molecule has 2 atom stereocenters. The molecule has 1 saturated carbocycles. The Balaban J connectivity index is 1.30. The molecule has 1 aliphatic heterocycles. The number of fused-ring (bicyclic) bond motifs is 1. The molecule has 2 aliphatic rings. The predicted octanol–water partition coefficient (Wildman–Crippen LogP) is 1.57. The number of aryl methyl sites for hydroxylation is 3. The molecule has 2 aromatic heterocycles. The molecule has 2 aromatic rings. The van der Waals surface area contributed by atoms with Gasteiger partial charge in [0, 0.05) is 37.2 Å². The van der Waals surface area contributed by atoms with Gasteiger partial charge in [-0.2, -0.15) is 10.1 Å². The first-order valence-electron chi connectivity index (χ1n) is 9.37. The Hall–Kier alpha value is -2.26. The second-order valence-corrected chi connectivity index (χ2v) is 7.58. The van der Waals surface area contributed by atoms with Crippen molar-refractivity contribution in [1.82, 2.24) is 30.6 Å². The highest BCUT2D eigenvalue weighted by Gasteiger charge is 2.41. The van der Waals surface area contributed by atoms with Gasteiger partial charge in [0.25, 0.3) is 0 Å². The van der Waals surface area contributed by atoms with Crippen molar-refractivity contribution in [2.24, 2.45) is 5.92 Å². The van der Waals surface area contributed by atoms with E-state index in [4.69, 9.17) is 22.1 Å². The smallest absolute Gasteiger partial charge is 0.218 e. The fourth-order valence-electron chi connectivity index (χ4n) is 3.51. The van der Waals surface area contributed by atoms with Gasteiger partial charge in [-0.25, -0.2) is 10.4 Å². The number of hydrogen-bond acceptors (Lipinski definition) is 7. The first-order chi connectivity index (χ1) is 13.1. The molecule has 0 aromatic carbocycles. The molecular weight excluding hydrogens is 362 g/mol. The summed E-state index contributed by atoms with van der Waals surface area (Å²) in [5, 5.41) is 7.93. The van der Waals surface area contributed by atoms with Crippen LogP contribution in [0.15, 0.2) is 12.1 Å². The van der Waals surface area contributed by atoms with E-state index in [9.17, 15) is 0 Å². The fourth-order valence-corrected chi connectivity index (χ4v) is 3.68. The molecule has 8 nitrogen and oxygen atoms in total. The second-order valence-electron chi connectivity index (χ2n) is 7.09. The zero-order valence-electron chi connectivity index (χ0n) is 15.7. The van der Waals surface area contributed by atoms with E-state index in [1.165, 1.54) is 17.8 Å². The number of rotatable bonds is 8. The third kappa shape index (κ3) is 4.36. The summed E-state index contributed by atoms with van der Waals surface area (Å²) in [4.78, 5) is 9.41. The summed E-state index contributed by atoms with van der Waals surface area (Å²) in [7, 11) is 1.77. The minimum absolute atomic E-state index is 0.488. The number of nitrogens with one attached hydrogen (secondary N) is 3. The molecule has 1 fully saturated rings. The van der Waals surface area contributed by atoms with Crippen LogP contribution in [0.4, 0.5) is 5.82 Å². The van der Waals surface area contributed by atoms with E-state index in [0.717, 1.165) is 19.4 Å². The first-order valence-corrected chi connectivity index (χ1v) is 9.78. The number of aromatic nitrogens is 4. The molecule has 0 bridgehead atoms. The summed E-state index contributed by atoms with van der Waals surface area (Å²) in [6.07, 6.45) is 3.51. The van der Waals surface area contributed by atoms with E-state index in [0.29, 0.717) is 47.5 Å². The van der Waals surface area contributed by atoms with Gasteiger partial charge in [-0.15, -0.1) is 0 Å². The molecule has 144 valence electrons. The molecule has 0 amide bonds. The highest BCUT2D eigenvalue weighted by molar-refractivity contribution is 7.80. The molecule has 0 saturated heterocycles. The zero-order valence-corrected chi connectivity index (χ0v) is 16.5. The van der Waals surface area contributed by atoms with Crippen molar-refractivity contribution in [3.63, 3.8) is 0 Å². The fraction of sp³-hybridized carbons (Fsp3) is 0.556. The van der Waals surface area contributed by atoms with Gasteiger partial charge in [-0.3, -0.25) is 4.68 Å². The Labute approximate surface area is 164 Å². The van der Waals surface area contributed by atoms with Crippen LogP contribution in [0.1, 0.15) is 36.0 Å². The standard InChI is InChI=1S/C18H25N7OS/c1-11-21-16(20-9-18(27)23-19-2)8-17(22-11)26-10-12-6-14(12)15-7-13-4-3-5-25(13)24-15/h7-8,12,14,19H,3-6,9-10H2,1-2H3,(H,23,27)(H,20,21,22)/t12-,14+/m1/s1. The lowest BCUT2D eigenvalue weighted by Crippen LogP contribution is -2.36. The van der Waals surface area contributed by atoms with Crippen molar-refractivity contribution < 1.29 is 4.74 Å². The Kier molecular flexibility index (Phi) is 5.22. The molecule has 0 spiro atoms. The summed E-state index contributed by atoms with van der Waals surface area (Å²) < 4.78 is 8.11. The van der Waals surface area contributed by atoms with Crippen molar-refractivity contribution in [3.8, 4) is 5.88 Å². The number of ether oxygens (including phenoxy) is 1. The summed E-state index contributed by atoms with van der Waals surface area (Å²) in [5.74, 6) is 3.00. The van der Waals surface area contributed by atoms with Crippen LogP contribution in [0.3, 0.4) is 0 Å². The average molecular weight is 388 g/mol. The van der Waals surface area contributed by atoms with E-state index >= 15 is 0 Å². The SMILES string of the molecule is CNNC(=S)CNc1cc(OC[C@H]2C[C@@H]2c2cc3n(n2)CCC3)nc(C)n1. The number of hydrogen-bond donors (Lipinski definition) is 3. The van der Waals surface area contributed by atoms with Crippen LogP contribution in [0.2, 0.25) is 0 Å². The topological polar surface area (TPSA) is 88.9 Å². The van der Waals surface area contributed by atoms with Crippen molar-refractivity contribution in [2.45, 2.75) is 38.6 Å². The van der Waals surface area contributed by atoms with Crippen molar-refractivity contribution >= 4 is 23.0 Å². The minimum Gasteiger partial charge on any atom is -0.477 e. The van der Waals surface area contributed by atoms with E-state index in [2.05, 4.69) is 36.9 Å². The van der Waals surface area contributed by atoms with E-state index in [1.807, 2.05) is 13.0 Å². The highest BCUT2D eigenvalue weighted by Crippen LogP contribution is 2.47. The Bertz CT molecular complexity index is 816. The minimum atomic E-state index is 0.488.